The van der Waals surface area contributed by atoms with E-state index in [1.165, 1.54) is 11.3 Å². The van der Waals surface area contributed by atoms with Gasteiger partial charge in [0.2, 0.25) is 5.91 Å². The molecule has 0 saturated heterocycles. The Morgan fingerprint density at radius 2 is 2.43 bits per heavy atom. The van der Waals surface area contributed by atoms with Gasteiger partial charge in [-0.3, -0.25) is 15.0 Å². The van der Waals surface area contributed by atoms with E-state index < -0.39 is 5.97 Å². The first-order chi connectivity index (χ1) is 9.97. The van der Waals surface area contributed by atoms with Gasteiger partial charge in [-0.2, -0.15) is 0 Å². The van der Waals surface area contributed by atoms with E-state index in [1.54, 1.807) is 18.5 Å². The summed E-state index contributed by atoms with van der Waals surface area (Å²) in [4.78, 5) is 27.4. The highest BCUT2D eigenvalue weighted by Gasteiger charge is 2.28. The average molecular weight is 308 g/mol. The quantitative estimate of drug-likeness (QED) is 0.415. The molecule has 1 unspecified atom stereocenters. The average Bonchev–Trinajstić information content (AvgIpc) is 3.05. The minimum Gasteiger partial charge on any atom is -0.421 e. The fourth-order valence-corrected chi connectivity index (χ4v) is 2.42. The largest absolute Gasteiger partial charge is 0.421 e. The zero-order valence-corrected chi connectivity index (χ0v) is 12.3. The fraction of sp³-hybridized carbons (Fsp3) is 0.385. The summed E-state index contributed by atoms with van der Waals surface area (Å²) >= 11 is 1.33. The number of hydrogen-bond donors (Lipinski definition) is 3. The van der Waals surface area contributed by atoms with Crippen molar-refractivity contribution < 1.29 is 14.3 Å². The van der Waals surface area contributed by atoms with Crippen LogP contribution in [0.2, 0.25) is 0 Å². The van der Waals surface area contributed by atoms with E-state index in [-0.39, 0.29) is 30.5 Å². The lowest BCUT2D eigenvalue weighted by atomic mass is 10.0. The molecule has 0 radical (unpaired) electrons. The molecule has 112 valence electrons. The summed E-state index contributed by atoms with van der Waals surface area (Å²) in [7, 11) is 0. The highest BCUT2D eigenvalue weighted by Crippen LogP contribution is 2.29. The van der Waals surface area contributed by atoms with Gasteiger partial charge >= 0.3 is 5.97 Å². The van der Waals surface area contributed by atoms with Crippen LogP contribution in [0.3, 0.4) is 0 Å². The van der Waals surface area contributed by atoms with Crippen molar-refractivity contribution in [3.05, 3.63) is 22.3 Å². The molecule has 7 nitrogen and oxygen atoms in total. The number of nitrogens with two attached hydrogens (primary N) is 1. The van der Waals surface area contributed by atoms with Crippen molar-refractivity contribution in [2.45, 2.75) is 26.2 Å². The monoisotopic (exact) mass is 308 g/mol. The minimum atomic E-state index is -0.410. The number of carbonyl (C=O) groups excluding carboxylic acids is 2. The number of nitrogens with one attached hydrogen (secondary N) is 2. The number of rotatable bonds is 6. The van der Waals surface area contributed by atoms with Gasteiger partial charge in [-0.1, -0.05) is 6.92 Å². The normalized spacial score (nSPS) is 15.8. The predicted octanol–water partition coefficient (Wildman–Crippen LogP) is 1.23. The standard InChI is InChI=1S/C13H16N4O3S/c1-7(12(14)15)2-3-9(18)17-8-6-10(19)20-11(8)13-16-4-5-21-13/h4-5,7H,2-3,6H2,1H3,(H3,14,15)(H,17,18). The van der Waals surface area contributed by atoms with Crippen molar-refractivity contribution >= 4 is 34.8 Å². The lowest BCUT2D eigenvalue weighted by Gasteiger charge is -2.09. The Balaban J connectivity index is 2.00. The van der Waals surface area contributed by atoms with Gasteiger partial charge in [-0.05, 0) is 6.42 Å². The summed E-state index contributed by atoms with van der Waals surface area (Å²) in [6.07, 6.45) is 2.34. The maximum atomic E-state index is 11.9. The first kappa shape index (κ1) is 15.2. The number of thiazole rings is 1. The molecular formula is C13H16N4O3S. The smallest absolute Gasteiger partial charge is 0.317 e. The van der Waals surface area contributed by atoms with Crippen LogP contribution in [0.5, 0.6) is 0 Å². The molecule has 4 N–H and O–H groups in total. The molecule has 0 spiro atoms. The predicted molar refractivity (Wildman–Crippen MR) is 78.2 cm³/mol. The molecule has 0 saturated carbocycles. The summed E-state index contributed by atoms with van der Waals surface area (Å²) in [5, 5.41) is 12.3. The van der Waals surface area contributed by atoms with Gasteiger partial charge in [-0.15, -0.1) is 11.3 Å². The number of hydrogen-bond acceptors (Lipinski definition) is 6. The van der Waals surface area contributed by atoms with Gasteiger partial charge in [0.25, 0.3) is 0 Å². The SMILES string of the molecule is CC(CCC(=O)NC1=C(c2nccs2)OC(=O)C1)C(=N)N. The van der Waals surface area contributed by atoms with Crippen LogP contribution in [-0.2, 0) is 14.3 Å². The summed E-state index contributed by atoms with van der Waals surface area (Å²) in [6.45, 7) is 1.79. The van der Waals surface area contributed by atoms with Crippen LogP contribution in [0.4, 0.5) is 0 Å². The Kier molecular flexibility index (Phi) is 4.69. The van der Waals surface area contributed by atoms with Crippen LogP contribution in [-0.4, -0.2) is 22.7 Å². The van der Waals surface area contributed by atoms with Crippen LogP contribution in [0, 0.1) is 11.3 Å². The van der Waals surface area contributed by atoms with Crippen LogP contribution in [0.25, 0.3) is 5.76 Å². The number of amides is 1. The van der Waals surface area contributed by atoms with E-state index in [4.69, 9.17) is 15.9 Å². The van der Waals surface area contributed by atoms with Crippen LogP contribution in [0.15, 0.2) is 17.3 Å². The molecule has 1 aliphatic rings. The van der Waals surface area contributed by atoms with Gasteiger partial charge < -0.3 is 15.8 Å². The molecule has 1 amide bonds. The lowest BCUT2D eigenvalue weighted by molar-refractivity contribution is -0.134. The molecule has 1 atom stereocenters. The zero-order chi connectivity index (χ0) is 15.4. The topological polar surface area (TPSA) is 118 Å². The van der Waals surface area contributed by atoms with E-state index in [0.29, 0.717) is 22.9 Å². The Morgan fingerprint density at radius 3 is 3.05 bits per heavy atom. The van der Waals surface area contributed by atoms with Crippen molar-refractivity contribution in [2.24, 2.45) is 11.7 Å². The Bertz CT molecular complexity index is 595. The summed E-state index contributed by atoms with van der Waals surface area (Å²) < 4.78 is 5.10. The van der Waals surface area contributed by atoms with Gasteiger partial charge in [0.1, 0.15) is 0 Å². The molecule has 0 aliphatic carbocycles. The van der Waals surface area contributed by atoms with Gasteiger partial charge in [0.15, 0.2) is 10.8 Å². The van der Waals surface area contributed by atoms with Crippen molar-refractivity contribution in [1.29, 1.82) is 5.41 Å². The lowest BCUT2D eigenvalue weighted by Crippen LogP contribution is -2.25. The van der Waals surface area contributed by atoms with Gasteiger partial charge in [0.05, 0.1) is 18.0 Å². The van der Waals surface area contributed by atoms with Crippen molar-refractivity contribution in [3.8, 4) is 0 Å². The summed E-state index contributed by atoms with van der Waals surface area (Å²) in [5.74, 6) is -0.407. The fourth-order valence-electron chi connectivity index (χ4n) is 1.78. The molecular weight excluding hydrogens is 292 g/mol. The highest BCUT2D eigenvalue weighted by molar-refractivity contribution is 7.10. The number of amidine groups is 1. The first-order valence-corrected chi connectivity index (χ1v) is 7.32. The third-order valence-corrected chi connectivity index (χ3v) is 3.84. The Hall–Kier alpha value is -2.22. The van der Waals surface area contributed by atoms with E-state index >= 15 is 0 Å². The molecule has 1 aromatic rings. The first-order valence-electron chi connectivity index (χ1n) is 6.45. The van der Waals surface area contributed by atoms with E-state index in [1.807, 2.05) is 0 Å². The maximum absolute atomic E-state index is 11.9. The van der Waals surface area contributed by atoms with Crippen molar-refractivity contribution in [2.75, 3.05) is 0 Å². The van der Waals surface area contributed by atoms with Crippen LogP contribution >= 0.6 is 11.3 Å². The molecule has 2 heterocycles. The number of aromatic nitrogens is 1. The minimum absolute atomic E-state index is 0.0307. The molecule has 0 fully saturated rings. The molecule has 2 rings (SSSR count). The van der Waals surface area contributed by atoms with E-state index in [2.05, 4.69) is 10.3 Å². The molecule has 8 heteroatoms. The molecule has 0 aromatic carbocycles. The number of cyclic esters (lactones) is 1. The highest BCUT2D eigenvalue weighted by atomic mass is 32.1. The second kappa shape index (κ2) is 6.49. The van der Waals surface area contributed by atoms with E-state index in [9.17, 15) is 9.59 Å². The van der Waals surface area contributed by atoms with Crippen LogP contribution in [0.1, 0.15) is 31.2 Å². The van der Waals surface area contributed by atoms with Crippen molar-refractivity contribution in [1.82, 2.24) is 10.3 Å². The van der Waals surface area contributed by atoms with Crippen LogP contribution < -0.4 is 11.1 Å². The summed E-state index contributed by atoms with van der Waals surface area (Å²) in [6, 6.07) is 0. The molecule has 0 bridgehead atoms. The molecule has 1 aromatic heterocycles. The van der Waals surface area contributed by atoms with Crippen molar-refractivity contribution in [3.63, 3.8) is 0 Å². The number of esters is 1. The van der Waals surface area contributed by atoms with E-state index in [0.717, 1.165) is 0 Å². The third-order valence-electron chi connectivity index (χ3n) is 3.06. The Labute approximate surface area is 125 Å². The van der Waals surface area contributed by atoms with Gasteiger partial charge in [-0.25, -0.2) is 4.98 Å². The number of nitrogens with zero attached hydrogens (tertiary/aromatic N) is 1. The second-order valence-electron chi connectivity index (χ2n) is 4.74. The maximum Gasteiger partial charge on any atom is 0.317 e. The summed E-state index contributed by atoms with van der Waals surface area (Å²) in [5.41, 5.74) is 5.80. The third kappa shape index (κ3) is 3.88. The number of ether oxygens (including phenoxy) is 1. The zero-order valence-electron chi connectivity index (χ0n) is 11.5. The van der Waals surface area contributed by atoms with Gasteiger partial charge in [0, 0.05) is 23.9 Å². The molecule has 1 aliphatic heterocycles. The Morgan fingerprint density at radius 1 is 1.67 bits per heavy atom. The molecule has 21 heavy (non-hydrogen) atoms. The second-order valence-corrected chi connectivity index (χ2v) is 5.63. The number of carbonyl (C=O) groups is 2.